The number of hydrogen-bond acceptors (Lipinski definition) is 5. The quantitative estimate of drug-likeness (QED) is 0.541. The van der Waals surface area contributed by atoms with Gasteiger partial charge in [0, 0.05) is 0 Å². The summed E-state index contributed by atoms with van der Waals surface area (Å²) < 4.78 is 24.6. The van der Waals surface area contributed by atoms with Crippen molar-refractivity contribution in [2.24, 2.45) is 0 Å². The molecule has 2 aromatic rings. The van der Waals surface area contributed by atoms with Crippen molar-refractivity contribution >= 4 is 45.5 Å². The molecule has 1 N–H and O–H groups in total. The van der Waals surface area contributed by atoms with Crippen LogP contribution in [0.1, 0.15) is 12.5 Å². The molecule has 9 heteroatoms. The number of methoxy groups -OCH3 is 1. The maximum Gasteiger partial charge on any atom is 0.335 e. The number of carbonyl (C=O) groups excluding carboxylic acids is 3. The van der Waals surface area contributed by atoms with E-state index in [1.807, 2.05) is 6.92 Å². The molecule has 0 aromatic heterocycles. The van der Waals surface area contributed by atoms with E-state index in [1.54, 1.807) is 12.1 Å². The SMILES string of the molecule is CCOc1cc(/C=C2\C(=O)NC(=O)N(c3ccc(F)cc3)C2=O)cc(Br)c1OC. The van der Waals surface area contributed by atoms with E-state index in [4.69, 9.17) is 9.47 Å². The van der Waals surface area contributed by atoms with E-state index < -0.39 is 23.7 Å². The number of hydrogen-bond donors (Lipinski definition) is 1. The Kier molecular flexibility index (Phi) is 5.97. The average molecular weight is 463 g/mol. The van der Waals surface area contributed by atoms with Gasteiger partial charge in [0.05, 0.1) is 23.9 Å². The highest BCUT2D eigenvalue weighted by molar-refractivity contribution is 9.10. The van der Waals surface area contributed by atoms with E-state index in [0.717, 1.165) is 17.0 Å². The predicted molar refractivity (Wildman–Crippen MR) is 107 cm³/mol. The van der Waals surface area contributed by atoms with Crippen molar-refractivity contribution in [1.29, 1.82) is 0 Å². The molecule has 2 aromatic carbocycles. The number of imide groups is 2. The summed E-state index contributed by atoms with van der Waals surface area (Å²) in [6.45, 7) is 2.19. The largest absolute Gasteiger partial charge is 0.492 e. The maximum absolute atomic E-state index is 13.2. The van der Waals surface area contributed by atoms with Gasteiger partial charge in [-0.15, -0.1) is 0 Å². The van der Waals surface area contributed by atoms with Crippen molar-refractivity contribution in [1.82, 2.24) is 5.32 Å². The van der Waals surface area contributed by atoms with E-state index in [1.165, 1.54) is 25.3 Å². The van der Waals surface area contributed by atoms with Crippen LogP contribution in [0.25, 0.3) is 6.08 Å². The summed E-state index contributed by atoms with van der Waals surface area (Å²) in [5, 5.41) is 2.12. The van der Waals surface area contributed by atoms with Crippen LogP contribution in [0, 0.1) is 5.82 Å². The lowest BCUT2D eigenvalue weighted by molar-refractivity contribution is -0.122. The molecule has 0 unspecified atom stereocenters. The number of benzene rings is 2. The van der Waals surface area contributed by atoms with Crippen molar-refractivity contribution in [3.05, 3.63) is 57.8 Å². The zero-order chi connectivity index (χ0) is 21.1. The lowest BCUT2D eigenvalue weighted by Crippen LogP contribution is -2.54. The van der Waals surface area contributed by atoms with Crippen LogP contribution in [0.4, 0.5) is 14.9 Å². The highest BCUT2D eigenvalue weighted by Crippen LogP contribution is 2.37. The maximum atomic E-state index is 13.2. The van der Waals surface area contributed by atoms with Crippen LogP contribution in [0.15, 0.2) is 46.4 Å². The number of rotatable bonds is 5. The van der Waals surface area contributed by atoms with Crippen LogP contribution >= 0.6 is 15.9 Å². The Morgan fingerprint density at radius 1 is 1.17 bits per heavy atom. The number of urea groups is 1. The molecule has 0 bridgehead atoms. The fraction of sp³-hybridized carbons (Fsp3) is 0.150. The number of ether oxygens (including phenoxy) is 2. The summed E-state index contributed by atoms with van der Waals surface area (Å²) in [6.07, 6.45) is 1.34. The van der Waals surface area contributed by atoms with Gasteiger partial charge >= 0.3 is 6.03 Å². The fourth-order valence-electron chi connectivity index (χ4n) is 2.78. The van der Waals surface area contributed by atoms with E-state index in [0.29, 0.717) is 28.1 Å². The Morgan fingerprint density at radius 3 is 2.48 bits per heavy atom. The Balaban J connectivity index is 2.03. The number of nitrogens with zero attached hydrogens (tertiary/aromatic N) is 1. The second-order valence-electron chi connectivity index (χ2n) is 5.90. The molecule has 3 rings (SSSR count). The molecular weight excluding hydrogens is 447 g/mol. The summed E-state index contributed by atoms with van der Waals surface area (Å²) in [5.41, 5.74) is 0.361. The number of carbonyl (C=O) groups is 3. The minimum Gasteiger partial charge on any atom is -0.492 e. The van der Waals surface area contributed by atoms with Crippen LogP contribution < -0.4 is 19.7 Å². The van der Waals surface area contributed by atoms with Crippen LogP contribution in [0.5, 0.6) is 11.5 Å². The lowest BCUT2D eigenvalue weighted by atomic mass is 10.1. The molecule has 1 aliphatic rings. The van der Waals surface area contributed by atoms with Gasteiger partial charge in [-0.3, -0.25) is 14.9 Å². The number of anilines is 1. The van der Waals surface area contributed by atoms with Gasteiger partial charge in [-0.1, -0.05) is 0 Å². The third-order valence-corrected chi connectivity index (χ3v) is 4.62. The molecular formula is C20H16BrFN2O5. The molecule has 0 radical (unpaired) electrons. The Labute approximate surface area is 174 Å². The number of amides is 4. The van der Waals surface area contributed by atoms with Gasteiger partial charge in [0.2, 0.25) is 0 Å². The lowest BCUT2D eigenvalue weighted by Gasteiger charge is -2.26. The molecule has 1 heterocycles. The molecule has 150 valence electrons. The van der Waals surface area contributed by atoms with Crippen molar-refractivity contribution < 1.29 is 28.2 Å². The smallest absolute Gasteiger partial charge is 0.335 e. The van der Waals surface area contributed by atoms with Crippen LogP contribution in [-0.2, 0) is 9.59 Å². The van der Waals surface area contributed by atoms with E-state index in [2.05, 4.69) is 21.2 Å². The summed E-state index contributed by atoms with van der Waals surface area (Å²) in [6, 6.07) is 7.13. The first-order chi connectivity index (χ1) is 13.8. The van der Waals surface area contributed by atoms with E-state index in [9.17, 15) is 18.8 Å². The first-order valence-electron chi connectivity index (χ1n) is 8.53. The molecule has 0 spiro atoms. The topological polar surface area (TPSA) is 84.9 Å². The van der Waals surface area contributed by atoms with Crippen molar-refractivity contribution in [3.63, 3.8) is 0 Å². The standard InChI is InChI=1S/C20H16BrFN2O5/c1-3-29-16-10-11(9-15(21)17(16)28-2)8-14-18(25)23-20(27)24(19(14)26)13-6-4-12(22)5-7-13/h4-10H,3H2,1-2H3,(H,23,25,27)/b14-8+. The van der Waals surface area contributed by atoms with Gasteiger partial charge in [-0.2, -0.15) is 0 Å². The summed E-state index contributed by atoms with van der Waals surface area (Å²) in [4.78, 5) is 38.1. The normalized spacial score (nSPS) is 15.5. The number of nitrogens with one attached hydrogen (secondary N) is 1. The van der Waals surface area contributed by atoms with Gasteiger partial charge in [-0.25, -0.2) is 14.1 Å². The molecule has 1 fully saturated rings. The molecule has 7 nitrogen and oxygen atoms in total. The molecule has 1 aliphatic heterocycles. The fourth-order valence-corrected chi connectivity index (χ4v) is 3.40. The average Bonchev–Trinajstić information content (AvgIpc) is 2.67. The van der Waals surface area contributed by atoms with Crippen LogP contribution in [0.2, 0.25) is 0 Å². The molecule has 0 atom stereocenters. The zero-order valence-electron chi connectivity index (χ0n) is 15.5. The van der Waals surface area contributed by atoms with Gasteiger partial charge in [-0.05, 0) is 70.9 Å². The minimum atomic E-state index is -0.908. The predicted octanol–water partition coefficient (Wildman–Crippen LogP) is 3.66. The monoisotopic (exact) mass is 462 g/mol. The Hall–Kier alpha value is -3.20. The first kappa shape index (κ1) is 20.5. The number of halogens is 2. The summed E-state index contributed by atoms with van der Waals surface area (Å²) in [5.74, 6) is -1.28. The third-order valence-electron chi connectivity index (χ3n) is 4.03. The summed E-state index contributed by atoms with van der Waals surface area (Å²) in [7, 11) is 1.49. The van der Waals surface area contributed by atoms with E-state index >= 15 is 0 Å². The van der Waals surface area contributed by atoms with Crippen LogP contribution in [0.3, 0.4) is 0 Å². The van der Waals surface area contributed by atoms with Crippen molar-refractivity contribution in [2.45, 2.75) is 6.92 Å². The molecule has 4 amide bonds. The zero-order valence-corrected chi connectivity index (χ0v) is 17.1. The molecule has 1 saturated heterocycles. The Morgan fingerprint density at radius 2 is 1.86 bits per heavy atom. The minimum absolute atomic E-state index is 0.137. The van der Waals surface area contributed by atoms with Gasteiger partial charge < -0.3 is 9.47 Å². The highest BCUT2D eigenvalue weighted by atomic mass is 79.9. The van der Waals surface area contributed by atoms with Gasteiger partial charge in [0.1, 0.15) is 11.4 Å². The second kappa shape index (κ2) is 8.44. The number of barbiturate groups is 1. The van der Waals surface area contributed by atoms with Gasteiger partial charge in [0.15, 0.2) is 11.5 Å². The highest BCUT2D eigenvalue weighted by Gasteiger charge is 2.36. The molecule has 0 saturated carbocycles. The third kappa shape index (κ3) is 4.14. The Bertz CT molecular complexity index is 1020. The summed E-state index contributed by atoms with van der Waals surface area (Å²) >= 11 is 3.37. The van der Waals surface area contributed by atoms with Crippen molar-refractivity contribution in [3.8, 4) is 11.5 Å². The first-order valence-corrected chi connectivity index (χ1v) is 9.32. The van der Waals surface area contributed by atoms with Gasteiger partial charge in [0.25, 0.3) is 11.8 Å². The second-order valence-corrected chi connectivity index (χ2v) is 6.76. The van der Waals surface area contributed by atoms with Crippen molar-refractivity contribution in [2.75, 3.05) is 18.6 Å². The molecule has 0 aliphatic carbocycles. The van der Waals surface area contributed by atoms with E-state index in [-0.39, 0.29) is 11.3 Å². The molecule has 29 heavy (non-hydrogen) atoms. The van der Waals surface area contributed by atoms with Crippen LogP contribution in [-0.4, -0.2) is 31.6 Å².